The number of carbonyl (C=O) groups excluding carboxylic acids is 2. The van der Waals surface area contributed by atoms with E-state index in [1.807, 2.05) is 54.6 Å². The molecule has 0 radical (unpaired) electrons. The third kappa shape index (κ3) is 4.64. The average Bonchev–Trinajstić information content (AvgIpc) is 3.47. The van der Waals surface area contributed by atoms with Gasteiger partial charge in [0.25, 0.3) is 5.91 Å². The zero-order valence-corrected chi connectivity index (χ0v) is 21.2. The SMILES string of the molecule is CCCCCCCCN1C(=O)C2C(N=C3N(c4ccc(Oc5ccccc5)cc4)CCN32)N(C)C1=O. The van der Waals surface area contributed by atoms with E-state index in [1.54, 1.807) is 11.9 Å². The molecule has 0 bridgehead atoms. The predicted molar refractivity (Wildman–Crippen MR) is 140 cm³/mol. The molecule has 0 N–H and O–H groups in total. The van der Waals surface area contributed by atoms with Crippen molar-refractivity contribution in [3.63, 3.8) is 0 Å². The summed E-state index contributed by atoms with van der Waals surface area (Å²) in [5.41, 5.74) is 0.987. The molecule has 2 fully saturated rings. The Morgan fingerprint density at radius 3 is 2.33 bits per heavy atom. The summed E-state index contributed by atoms with van der Waals surface area (Å²) in [6.07, 6.45) is 6.21. The van der Waals surface area contributed by atoms with Gasteiger partial charge in [0.15, 0.2) is 12.2 Å². The van der Waals surface area contributed by atoms with E-state index in [0.29, 0.717) is 13.1 Å². The predicted octanol–water partition coefficient (Wildman–Crippen LogP) is 4.92. The van der Waals surface area contributed by atoms with Crippen LogP contribution in [0, 0.1) is 0 Å². The van der Waals surface area contributed by atoms with Crippen LogP contribution >= 0.6 is 0 Å². The fourth-order valence-corrected chi connectivity index (χ4v) is 5.26. The number of unbranched alkanes of at least 4 members (excludes halogenated alkanes) is 5. The number of ether oxygens (including phenoxy) is 1. The standard InChI is InChI=1S/C28H35N5O3/c1-3-4-5-6-7-11-18-33-26(34)24-25(30(2)28(33)35)29-27-31(19-20-32(24)27)21-14-16-23(17-15-21)36-22-12-9-8-10-13-22/h8-10,12-17,24-25H,3-7,11,18-20H2,1-2H3. The molecule has 190 valence electrons. The zero-order chi connectivity index (χ0) is 25.1. The maximum Gasteiger partial charge on any atom is 0.328 e. The minimum absolute atomic E-state index is 0.121. The molecule has 2 atom stereocenters. The monoisotopic (exact) mass is 489 g/mol. The average molecular weight is 490 g/mol. The van der Waals surface area contributed by atoms with Gasteiger partial charge in [0, 0.05) is 32.4 Å². The Hall–Kier alpha value is -3.55. The third-order valence-electron chi connectivity index (χ3n) is 7.24. The van der Waals surface area contributed by atoms with E-state index in [2.05, 4.69) is 16.7 Å². The molecule has 2 saturated heterocycles. The molecular weight excluding hydrogens is 454 g/mol. The van der Waals surface area contributed by atoms with E-state index in [-0.39, 0.29) is 11.9 Å². The van der Waals surface area contributed by atoms with E-state index in [1.165, 1.54) is 24.2 Å². The van der Waals surface area contributed by atoms with Gasteiger partial charge in [-0.3, -0.25) is 9.69 Å². The molecule has 3 heterocycles. The highest BCUT2D eigenvalue weighted by atomic mass is 16.5. The van der Waals surface area contributed by atoms with Crippen molar-refractivity contribution in [2.75, 3.05) is 31.6 Å². The summed E-state index contributed by atoms with van der Waals surface area (Å²) in [5.74, 6) is 2.19. The summed E-state index contributed by atoms with van der Waals surface area (Å²) in [6, 6.07) is 16.9. The Morgan fingerprint density at radius 1 is 0.889 bits per heavy atom. The molecule has 2 aromatic carbocycles. The highest BCUT2D eigenvalue weighted by molar-refractivity contribution is 6.08. The molecule has 8 heteroatoms. The Morgan fingerprint density at radius 2 is 1.58 bits per heavy atom. The molecule has 0 spiro atoms. The first-order chi connectivity index (χ1) is 17.6. The number of imide groups is 1. The second kappa shape index (κ2) is 10.6. The minimum atomic E-state index is -0.482. The van der Waals surface area contributed by atoms with Crippen molar-refractivity contribution in [1.29, 1.82) is 0 Å². The van der Waals surface area contributed by atoms with Crippen molar-refractivity contribution >= 4 is 23.6 Å². The number of fused-ring (bicyclic) bond motifs is 3. The number of hydrogen-bond donors (Lipinski definition) is 0. The summed E-state index contributed by atoms with van der Waals surface area (Å²) in [6.45, 7) is 4.11. The Balaban J connectivity index is 1.25. The van der Waals surface area contributed by atoms with Gasteiger partial charge in [-0.1, -0.05) is 57.2 Å². The molecule has 5 rings (SSSR count). The first-order valence-electron chi connectivity index (χ1n) is 13.1. The number of anilines is 1. The van der Waals surface area contributed by atoms with E-state index < -0.39 is 12.2 Å². The van der Waals surface area contributed by atoms with Gasteiger partial charge in [-0.05, 0) is 42.8 Å². The van der Waals surface area contributed by atoms with Crippen LogP contribution in [-0.2, 0) is 4.79 Å². The summed E-state index contributed by atoms with van der Waals surface area (Å²) < 4.78 is 5.92. The minimum Gasteiger partial charge on any atom is -0.457 e. The van der Waals surface area contributed by atoms with Gasteiger partial charge in [-0.15, -0.1) is 0 Å². The number of para-hydroxylation sites is 1. The molecule has 2 unspecified atom stereocenters. The zero-order valence-electron chi connectivity index (χ0n) is 21.2. The molecule has 0 aliphatic carbocycles. The van der Waals surface area contributed by atoms with Crippen LogP contribution < -0.4 is 9.64 Å². The van der Waals surface area contributed by atoms with Crippen LogP contribution in [0.4, 0.5) is 10.5 Å². The number of likely N-dealkylation sites (N-methyl/N-ethyl adjacent to an activating group) is 1. The van der Waals surface area contributed by atoms with E-state index in [4.69, 9.17) is 9.73 Å². The fourth-order valence-electron chi connectivity index (χ4n) is 5.26. The molecule has 36 heavy (non-hydrogen) atoms. The van der Waals surface area contributed by atoms with Crippen molar-refractivity contribution < 1.29 is 14.3 Å². The summed E-state index contributed by atoms with van der Waals surface area (Å²) in [5, 5.41) is 0. The Labute approximate surface area is 213 Å². The second-order valence-electron chi connectivity index (χ2n) is 9.69. The van der Waals surface area contributed by atoms with Gasteiger partial charge in [0.2, 0.25) is 5.96 Å². The largest absolute Gasteiger partial charge is 0.457 e. The maximum absolute atomic E-state index is 13.5. The number of aliphatic imine (C=N–C) groups is 1. The van der Waals surface area contributed by atoms with Crippen molar-refractivity contribution in [3.05, 3.63) is 54.6 Å². The van der Waals surface area contributed by atoms with Crippen LogP contribution in [0.3, 0.4) is 0 Å². The first-order valence-corrected chi connectivity index (χ1v) is 13.1. The maximum atomic E-state index is 13.5. The van der Waals surface area contributed by atoms with Crippen molar-refractivity contribution in [3.8, 4) is 11.5 Å². The molecule has 3 aliphatic heterocycles. The van der Waals surface area contributed by atoms with Crippen LogP contribution in [-0.4, -0.2) is 71.5 Å². The smallest absolute Gasteiger partial charge is 0.328 e. The van der Waals surface area contributed by atoms with Gasteiger partial charge in [0.1, 0.15) is 11.5 Å². The molecule has 3 aliphatic rings. The molecule has 2 aromatic rings. The lowest BCUT2D eigenvalue weighted by Gasteiger charge is -2.40. The molecular formula is C28H35N5O3. The van der Waals surface area contributed by atoms with Gasteiger partial charge in [0.05, 0.1) is 0 Å². The number of amides is 3. The highest BCUT2D eigenvalue weighted by Gasteiger charge is 2.54. The number of guanidine groups is 1. The molecule has 3 amide bonds. The second-order valence-corrected chi connectivity index (χ2v) is 9.69. The molecule has 0 saturated carbocycles. The quantitative estimate of drug-likeness (QED) is 0.443. The highest BCUT2D eigenvalue weighted by Crippen LogP contribution is 2.34. The van der Waals surface area contributed by atoms with Crippen LogP contribution in [0.15, 0.2) is 59.6 Å². The van der Waals surface area contributed by atoms with Crippen LogP contribution in [0.25, 0.3) is 0 Å². The number of benzene rings is 2. The Bertz CT molecular complexity index is 1100. The first kappa shape index (κ1) is 24.2. The number of carbonyl (C=O) groups is 2. The summed E-state index contributed by atoms with van der Waals surface area (Å²) >= 11 is 0. The van der Waals surface area contributed by atoms with Crippen molar-refractivity contribution in [2.24, 2.45) is 4.99 Å². The normalized spacial score (nSPS) is 21.1. The number of rotatable bonds is 10. The molecule has 0 aromatic heterocycles. The number of urea groups is 1. The lowest BCUT2D eigenvalue weighted by atomic mass is 10.1. The summed E-state index contributed by atoms with van der Waals surface area (Å²) in [7, 11) is 1.76. The van der Waals surface area contributed by atoms with Crippen LogP contribution in [0.1, 0.15) is 45.4 Å². The lowest BCUT2D eigenvalue weighted by molar-refractivity contribution is -0.137. The van der Waals surface area contributed by atoms with Crippen LogP contribution in [0.5, 0.6) is 11.5 Å². The van der Waals surface area contributed by atoms with Crippen LogP contribution in [0.2, 0.25) is 0 Å². The lowest BCUT2D eigenvalue weighted by Crippen LogP contribution is -2.64. The third-order valence-corrected chi connectivity index (χ3v) is 7.24. The van der Waals surface area contributed by atoms with Crippen molar-refractivity contribution in [2.45, 2.75) is 57.7 Å². The van der Waals surface area contributed by atoms with Gasteiger partial charge in [-0.2, -0.15) is 0 Å². The number of hydrogen-bond acceptors (Lipinski definition) is 6. The fraction of sp³-hybridized carbons (Fsp3) is 0.464. The number of nitrogens with zero attached hydrogens (tertiary/aromatic N) is 5. The summed E-state index contributed by atoms with van der Waals surface area (Å²) in [4.78, 5) is 38.6. The molecule has 8 nitrogen and oxygen atoms in total. The topological polar surface area (TPSA) is 68.7 Å². The van der Waals surface area contributed by atoms with Gasteiger partial charge in [-0.25, -0.2) is 9.79 Å². The van der Waals surface area contributed by atoms with E-state index >= 15 is 0 Å². The van der Waals surface area contributed by atoms with Gasteiger partial charge >= 0.3 is 6.03 Å². The van der Waals surface area contributed by atoms with E-state index in [9.17, 15) is 9.59 Å². The van der Waals surface area contributed by atoms with Gasteiger partial charge < -0.3 is 19.4 Å². The Kier molecular flexibility index (Phi) is 7.11. The van der Waals surface area contributed by atoms with E-state index in [0.717, 1.165) is 49.0 Å². The van der Waals surface area contributed by atoms with Crippen molar-refractivity contribution in [1.82, 2.24) is 14.7 Å².